The first-order valence-corrected chi connectivity index (χ1v) is 12.6. The molecule has 2 atom stereocenters. The highest BCUT2D eigenvalue weighted by Gasteiger charge is 2.38. The smallest absolute Gasteiger partial charge is 0.419 e. The monoisotopic (exact) mass is 632 g/mol. The van der Waals surface area contributed by atoms with E-state index in [1.54, 1.807) is 0 Å². The number of aromatic nitrogens is 2. The van der Waals surface area contributed by atoms with Gasteiger partial charge in [0.2, 0.25) is 0 Å². The van der Waals surface area contributed by atoms with Gasteiger partial charge in [-0.15, -0.1) is 0 Å². The molecule has 4 N–H and O–H groups in total. The molecular formula is C28H24F8N4O4. The predicted octanol–water partition coefficient (Wildman–Crippen LogP) is 5.60. The number of halogens is 8. The predicted molar refractivity (Wildman–Crippen MR) is 140 cm³/mol. The number of alkyl halides is 6. The van der Waals surface area contributed by atoms with Crippen LogP contribution in [0.5, 0.6) is 0 Å². The van der Waals surface area contributed by atoms with Crippen LogP contribution < -0.4 is 11.5 Å². The zero-order valence-electron chi connectivity index (χ0n) is 22.9. The fourth-order valence-electron chi connectivity index (χ4n) is 4.75. The number of nitrogens with zero attached hydrogens (tertiary/aromatic N) is 2. The van der Waals surface area contributed by atoms with Crippen molar-refractivity contribution in [3.8, 4) is 0 Å². The Labute approximate surface area is 243 Å². The number of ether oxygens (including phenoxy) is 2. The number of hydrogen-bond donors (Lipinski definition) is 2. The molecule has 0 saturated heterocycles. The summed E-state index contributed by atoms with van der Waals surface area (Å²) in [6.07, 6.45) is -6.20. The van der Waals surface area contributed by atoms with Gasteiger partial charge in [0, 0.05) is 46.4 Å². The number of hydrogen-bond acceptors (Lipinski definition) is 6. The van der Waals surface area contributed by atoms with Crippen molar-refractivity contribution in [3.63, 3.8) is 0 Å². The largest absolute Gasteiger partial charge is 0.439 e. The van der Waals surface area contributed by atoms with Gasteiger partial charge in [-0.1, -0.05) is 0 Å². The SMILES string of the molecule is C[C@@](N)(Cn1ccc2c(C(F)(F)F)c(F)ccc21)OC(=O)/C=C/C(=O)O[C@](C)(N)Cn1ccc2c(C(F)(F)F)c(F)ccc21. The quantitative estimate of drug-likeness (QED) is 0.113. The Morgan fingerprint density at radius 1 is 0.682 bits per heavy atom. The second-order valence-corrected chi connectivity index (χ2v) is 10.4. The van der Waals surface area contributed by atoms with Gasteiger partial charge in [-0.05, 0) is 50.2 Å². The maximum absolute atomic E-state index is 13.9. The molecular weight excluding hydrogens is 608 g/mol. The molecule has 2 heterocycles. The van der Waals surface area contributed by atoms with Gasteiger partial charge < -0.3 is 18.6 Å². The van der Waals surface area contributed by atoms with Crippen LogP contribution in [0.4, 0.5) is 35.1 Å². The molecule has 0 bridgehead atoms. The minimum absolute atomic E-state index is 0.0250. The van der Waals surface area contributed by atoms with E-state index < -0.39 is 69.3 Å². The van der Waals surface area contributed by atoms with Crippen LogP contribution >= 0.6 is 0 Å². The average Bonchev–Trinajstić information content (AvgIpc) is 3.43. The molecule has 4 rings (SSSR count). The van der Waals surface area contributed by atoms with E-state index in [1.807, 2.05) is 0 Å². The Bertz CT molecular complexity index is 1640. The maximum atomic E-state index is 13.9. The van der Waals surface area contributed by atoms with Gasteiger partial charge in [-0.3, -0.25) is 11.5 Å². The van der Waals surface area contributed by atoms with Crippen LogP contribution in [0.3, 0.4) is 0 Å². The molecule has 2 aromatic heterocycles. The molecule has 0 saturated carbocycles. The number of benzene rings is 2. The van der Waals surface area contributed by atoms with Crippen LogP contribution in [0.25, 0.3) is 21.8 Å². The van der Waals surface area contributed by atoms with E-state index in [0.29, 0.717) is 24.3 Å². The molecule has 0 unspecified atom stereocenters. The summed E-state index contributed by atoms with van der Waals surface area (Å²) in [5, 5.41) is -0.846. The number of rotatable bonds is 8. The van der Waals surface area contributed by atoms with E-state index in [9.17, 15) is 44.7 Å². The molecule has 0 aliphatic rings. The summed E-state index contributed by atoms with van der Waals surface area (Å²) in [7, 11) is 0. The highest BCUT2D eigenvalue weighted by atomic mass is 19.4. The third-order valence-corrected chi connectivity index (χ3v) is 6.36. The molecule has 0 aliphatic heterocycles. The number of fused-ring (bicyclic) bond motifs is 2. The van der Waals surface area contributed by atoms with Crippen molar-refractivity contribution >= 4 is 33.7 Å². The third-order valence-electron chi connectivity index (χ3n) is 6.36. The average molecular weight is 633 g/mol. The molecule has 0 aliphatic carbocycles. The van der Waals surface area contributed by atoms with Crippen LogP contribution in [0.2, 0.25) is 0 Å². The maximum Gasteiger partial charge on any atom is 0.419 e. The van der Waals surface area contributed by atoms with Gasteiger partial charge in [0.15, 0.2) is 11.4 Å². The molecule has 0 amide bonds. The molecule has 0 radical (unpaired) electrons. The van der Waals surface area contributed by atoms with E-state index >= 15 is 0 Å². The van der Waals surface area contributed by atoms with Crippen LogP contribution in [-0.4, -0.2) is 32.5 Å². The zero-order chi connectivity index (χ0) is 32.8. The number of esters is 2. The second kappa shape index (κ2) is 11.2. The van der Waals surface area contributed by atoms with Gasteiger partial charge in [-0.25, -0.2) is 18.4 Å². The normalized spacial score (nSPS) is 15.5. The Hall–Kier alpha value is -4.44. The number of carbonyl (C=O) groups excluding carboxylic acids is 2. The van der Waals surface area contributed by atoms with Crippen molar-refractivity contribution in [1.82, 2.24) is 9.13 Å². The van der Waals surface area contributed by atoms with Crippen LogP contribution in [0.15, 0.2) is 60.9 Å². The molecule has 8 nitrogen and oxygen atoms in total. The third kappa shape index (κ3) is 7.02. The summed E-state index contributed by atoms with van der Waals surface area (Å²) >= 11 is 0. The summed E-state index contributed by atoms with van der Waals surface area (Å²) in [4.78, 5) is 24.7. The van der Waals surface area contributed by atoms with E-state index in [4.69, 9.17) is 20.9 Å². The van der Waals surface area contributed by atoms with Crippen molar-refractivity contribution in [3.05, 3.63) is 83.7 Å². The number of nitrogens with two attached hydrogens (primary N) is 2. The summed E-state index contributed by atoms with van der Waals surface area (Å²) in [5.74, 6) is -5.18. The molecule has 236 valence electrons. The van der Waals surface area contributed by atoms with E-state index in [-0.39, 0.29) is 24.1 Å². The summed E-state index contributed by atoms with van der Waals surface area (Å²) < 4.78 is 120. The van der Waals surface area contributed by atoms with Crippen LogP contribution in [-0.2, 0) is 44.5 Å². The lowest BCUT2D eigenvalue weighted by Gasteiger charge is -2.26. The summed E-state index contributed by atoms with van der Waals surface area (Å²) in [6.45, 7) is 1.78. The molecule has 44 heavy (non-hydrogen) atoms. The van der Waals surface area contributed by atoms with Crippen molar-refractivity contribution < 1.29 is 54.2 Å². The Kier molecular flexibility index (Phi) is 8.30. The first kappa shape index (κ1) is 32.5. The van der Waals surface area contributed by atoms with E-state index in [1.165, 1.54) is 35.4 Å². The fraction of sp³-hybridized carbons (Fsp3) is 0.286. The minimum Gasteiger partial charge on any atom is -0.439 e. The van der Waals surface area contributed by atoms with E-state index in [0.717, 1.165) is 24.3 Å². The lowest BCUT2D eigenvalue weighted by atomic mass is 10.1. The molecule has 2 aromatic carbocycles. The van der Waals surface area contributed by atoms with Crippen LogP contribution in [0.1, 0.15) is 25.0 Å². The highest BCUT2D eigenvalue weighted by molar-refractivity contribution is 5.92. The topological polar surface area (TPSA) is 114 Å². The lowest BCUT2D eigenvalue weighted by molar-refractivity contribution is -0.155. The van der Waals surface area contributed by atoms with Gasteiger partial charge >= 0.3 is 24.3 Å². The molecule has 0 spiro atoms. The fourth-order valence-corrected chi connectivity index (χ4v) is 4.75. The second-order valence-electron chi connectivity index (χ2n) is 10.4. The first-order valence-electron chi connectivity index (χ1n) is 12.6. The van der Waals surface area contributed by atoms with Gasteiger partial charge in [0.05, 0.1) is 13.1 Å². The summed E-state index contributed by atoms with van der Waals surface area (Å²) in [5.41, 5.74) is 5.43. The van der Waals surface area contributed by atoms with Crippen molar-refractivity contribution in [1.29, 1.82) is 0 Å². The van der Waals surface area contributed by atoms with Crippen LogP contribution in [0, 0.1) is 11.6 Å². The standard InChI is InChI=1S/C28H24F8N4O4/c1-25(37,13-39-11-9-15-19(39)5-3-17(29)23(15)27(31,32)33)43-21(41)7-8-22(42)44-26(2,38)14-40-12-10-16-20(40)6-4-18(30)24(16)28(34,35)36/h3-12H,13-14,37-38H2,1-2H3/b8-7+/t25-,26-/m0/s1. The van der Waals surface area contributed by atoms with Gasteiger partial charge in [-0.2, -0.15) is 26.3 Å². The lowest BCUT2D eigenvalue weighted by Crippen LogP contribution is -2.45. The molecule has 4 aromatic rings. The molecule has 16 heteroatoms. The number of carbonyl (C=O) groups is 2. The molecule has 0 fully saturated rings. The van der Waals surface area contributed by atoms with Gasteiger partial charge in [0.1, 0.15) is 22.8 Å². The van der Waals surface area contributed by atoms with Crippen molar-refractivity contribution in [2.75, 3.05) is 0 Å². The van der Waals surface area contributed by atoms with Gasteiger partial charge in [0.25, 0.3) is 0 Å². The zero-order valence-corrected chi connectivity index (χ0v) is 22.9. The van der Waals surface area contributed by atoms with E-state index in [2.05, 4.69) is 0 Å². The highest BCUT2D eigenvalue weighted by Crippen LogP contribution is 2.38. The van der Waals surface area contributed by atoms with Crippen molar-refractivity contribution in [2.45, 2.75) is 50.7 Å². The minimum atomic E-state index is -4.96. The Morgan fingerprint density at radius 3 is 1.34 bits per heavy atom. The Balaban J connectivity index is 1.40. The first-order chi connectivity index (χ1) is 20.2. The Morgan fingerprint density at radius 2 is 1.02 bits per heavy atom. The summed E-state index contributed by atoms with van der Waals surface area (Å²) in [6, 6.07) is 5.62. The van der Waals surface area contributed by atoms with Crippen molar-refractivity contribution in [2.24, 2.45) is 11.5 Å².